The van der Waals surface area contributed by atoms with Crippen molar-refractivity contribution in [2.75, 3.05) is 6.61 Å². The minimum absolute atomic E-state index is 0.222. The highest BCUT2D eigenvalue weighted by Crippen LogP contribution is 2.21. The molecule has 1 amide bonds. The van der Waals surface area contributed by atoms with Crippen LogP contribution < -0.4 is 4.74 Å². The van der Waals surface area contributed by atoms with Crippen molar-refractivity contribution in [1.82, 2.24) is 0 Å². The van der Waals surface area contributed by atoms with E-state index in [-0.39, 0.29) is 12.5 Å². The molecule has 1 aliphatic rings. The Hall–Kier alpha value is -1.97. The molecular weight excluding hydrogens is 233 g/mol. The second-order valence-electron chi connectivity index (χ2n) is 4.05. The Morgan fingerprint density at radius 3 is 3.11 bits per heavy atom. The largest absolute Gasteiger partial charge is 0.489 e. The summed E-state index contributed by atoms with van der Waals surface area (Å²) in [4.78, 5) is 15.2. The van der Waals surface area contributed by atoms with Gasteiger partial charge in [-0.15, -0.1) is 0 Å². The fourth-order valence-corrected chi connectivity index (χ4v) is 1.72. The molecule has 0 N–H and O–H groups in total. The smallest absolute Gasteiger partial charge is 0.276 e. The molecule has 0 atom stereocenters. The lowest BCUT2D eigenvalue weighted by Gasteiger charge is -2.12. The second-order valence-corrected chi connectivity index (χ2v) is 4.05. The molecule has 0 spiro atoms. The number of aliphatic imine (C=N–C) groups is 1. The van der Waals surface area contributed by atoms with Crippen LogP contribution in [0, 0.1) is 0 Å². The Morgan fingerprint density at radius 1 is 1.56 bits per heavy atom. The van der Waals surface area contributed by atoms with Crippen molar-refractivity contribution in [2.45, 2.75) is 19.8 Å². The van der Waals surface area contributed by atoms with Crippen LogP contribution in [0.2, 0.25) is 0 Å². The molecule has 0 unspecified atom stereocenters. The average Bonchev–Trinajstić information content (AvgIpc) is 2.40. The third kappa shape index (κ3) is 2.64. The van der Waals surface area contributed by atoms with Crippen LogP contribution in [-0.4, -0.2) is 18.7 Å². The number of rotatable bonds is 4. The molecule has 2 rings (SSSR count). The molecule has 4 heteroatoms. The van der Waals surface area contributed by atoms with Crippen molar-refractivity contribution in [3.63, 3.8) is 0 Å². The monoisotopic (exact) mass is 247 g/mol. The van der Waals surface area contributed by atoms with Gasteiger partial charge in [0, 0.05) is 18.2 Å². The summed E-state index contributed by atoms with van der Waals surface area (Å²) >= 11 is 0. The molecule has 94 valence electrons. The molecule has 0 aromatic heterocycles. The van der Waals surface area contributed by atoms with Gasteiger partial charge in [0.15, 0.2) is 0 Å². The number of hydrogen-bond acceptors (Lipinski definition) is 2. The molecular formula is C14H14FNO2. The van der Waals surface area contributed by atoms with E-state index in [2.05, 4.69) is 4.99 Å². The topological polar surface area (TPSA) is 38.7 Å². The van der Waals surface area contributed by atoms with Crippen LogP contribution in [0.4, 0.5) is 4.39 Å². The molecule has 0 saturated carbocycles. The number of hydrogen-bond donors (Lipinski definition) is 0. The summed E-state index contributed by atoms with van der Waals surface area (Å²) in [6, 6.07) is 5.22. The van der Waals surface area contributed by atoms with E-state index in [1.165, 1.54) is 0 Å². The van der Waals surface area contributed by atoms with Gasteiger partial charge in [0.25, 0.3) is 5.91 Å². The van der Waals surface area contributed by atoms with Gasteiger partial charge >= 0.3 is 0 Å². The summed E-state index contributed by atoms with van der Waals surface area (Å²) < 4.78 is 17.9. The molecule has 1 heterocycles. The van der Waals surface area contributed by atoms with Crippen molar-refractivity contribution < 1.29 is 13.9 Å². The maximum Gasteiger partial charge on any atom is 0.276 e. The second kappa shape index (κ2) is 5.58. The van der Waals surface area contributed by atoms with Crippen LogP contribution in [-0.2, 0) is 6.42 Å². The van der Waals surface area contributed by atoms with Gasteiger partial charge in [-0.25, -0.2) is 9.38 Å². The standard InChI is InChI=1S/C14H14FNO2/c1-2-10(8-15)9-18-12-3-4-13-11(7-12)5-6-16-14(13)17/h3-4,6-8H,2,5,9H2,1H3/b10-8+. The summed E-state index contributed by atoms with van der Waals surface area (Å²) in [5.74, 6) is 0.422. The van der Waals surface area contributed by atoms with E-state index in [0.29, 0.717) is 36.1 Å². The van der Waals surface area contributed by atoms with Gasteiger partial charge in [-0.1, -0.05) is 6.92 Å². The lowest BCUT2D eigenvalue weighted by atomic mass is 10.0. The lowest BCUT2D eigenvalue weighted by molar-refractivity contribution is 0.100. The zero-order valence-electron chi connectivity index (χ0n) is 10.1. The third-order valence-corrected chi connectivity index (χ3v) is 2.86. The Kier molecular flexibility index (Phi) is 3.87. The molecule has 0 saturated heterocycles. The zero-order chi connectivity index (χ0) is 13.0. The fourth-order valence-electron chi connectivity index (χ4n) is 1.72. The maximum atomic E-state index is 12.4. The lowest BCUT2D eigenvalue weighted by Crippen LogP contribution is -2.09. The first-order valence-electron chi connectivity index (χ1n) is 5.85. The van der Waals surface area contributed by atoms with Crippen LogP contribution in [0.25, 0.3) is 0 Å². The SMILES string of the molecule is CC/C(=C\F)COc1ccc2c(c1)CC=NC2=O. The fraction of sp³-hybridized carbons (Fsp3) is 0.286. The van der Waals surface area contributed by atoms with Crippen molar-refractivity contribution in [2.24, 2.45) is 4.99 Å². The first kappa shape index (κ1) is 12.5. The molecule has 3 nitrogen and oxygen atoms in total. The number of fused-ring (bicyclic) bond motifs is 1. The van der Waals surface area contributed by atoms with Crippen molar-refractivity contribution >= 4 is 12.1 Å². The summed E-state index contributed by atoms with van der Waals surface area (Å²) in [5.41, 5.74) is 2.11. The quantitative estimate of drug-likeness (QED) is 0.820. The molecule has 1 aliphatic heterocycles. The number of amides is 1. The van der Waals surface area contributed by atoms with E-state index in [1.807, 2.05) is 13.0 Å². The van der Waals surface area contributed by atoms with E-state index in [9.17, 15) is 9.18 Å². The number of ether oxygens (including phenoxy) is 1. The molecule has 1 aromatic carbocycles. The Balaban J connectivity index is 2.11. The van der Waals surface area contributed by atoms with E-state index in [4.69, 9.17) is 4.74 Å². The maximum absolute atomic E-state index is 12.4. The Bertz CT molecular complexity index is 521. The van der Waals surface area contributed by atoms with Crippen molar-refractivity contribution in [3.05, 3.63) is 41.2 Å². The molecule has 0 fully saturated rings. The summed E-state index contributed by atoms with van der Waals surface area (Å²) in [6.45, 7) is 2.10. The highest BCUT2D eigenvalue weighted by atomic mass is 19.1. The van der Waals surface area contributed by atoms with E-state index in [1.54, 1.807) is 18.3 Å². The molecule has 0 bridgehead atoms. The first-order chi connectivity index (χ1) is 8.74. The van der Waals surface area contributed by atoms with Crippen molar-refractivity contribution in [3.8, 4) is 5.75 Å². The minimum Gasteiger partial charge on any atom is -0.489 e. The van der Waals surface area contributed by atoms with E-state index in [0.717, 1.165) is 5.56 Å². The van der Waals surface area contributed by atoms with Gasteiger partial charge in [-0.3, -0.25) is 4.79 Å². The van der Waals surface area contributed by atoms with Gasteiger partial charge in [-0.05, 0) is 35.8 Å². The predicted octanol–water partition coefficient (Wildman–Crippen LogP) is 3.10. The van der Waals surface area contributed by atoms with E-state index < -0.39 is 0 Å². The van der Waals surface area contributed by atoms with Crippen LogP contribution in [0.3, 0.4) is 0 Å². The number of carbonyl (C=O) groups is 1. The molecule has 0 radical (unpaired) electrons. The highest BCUT2D eigenvalue weighted by molar-refractivity contribution is 6.03. The van der Waals surface area contributed by atoms with Crippen LogP contribution in [0.15, 0.2) is 35.1 Å². The van der Waals surface area contributed by atoms with Gasteiger partial charge in [-0.2, -0.15) is 0 Å². The number of halogens is 1. The normalized spacial score (nSPS) is 14.6. The third-order valence-electron chi connectivity index (χ3n) is 2.86. The van der Waals surface area contributed by atoms with Crippen molar-refractivity contribution in [1.29, 1.82) is 0 Å². The van der Waals surface area contributed by atoms with Crippen LogP contribution >= 0.6 is 0 Å². The van der Waals surface area contributed by atoms with Gasteiger partial charge < -0.3 is 4.74 Å². The zero-order valence-corrected chi connectivity index (χ0v) is 10.1. The molecule has 18 heavy (non-hydrogen) atoms. The molecule has 1 aromatic rings. The van der Waals surface area contributed by atoms with Crippen LogP contribution in [0.5, 0.6) is 5.75 Å². The Labute approximate surface area is 105 Å². The number of carbonyl (C=O) groups excluding carboxylic acids is 1. The van der Waals surface area contributed by atoms with Gasteiger partial charge in [0.2, 0.25) is 0 Å². The first-order valence-corrected chi connectivity index (χ1v) is 5.85. The Morgan fingerprint density at radius 2 is 2.39 bits per heavy atom. The van der Waals surface area contributed by atoms with Gasteiger partial charge in [0.05, 0.1) is 6.33 Å². The summed E-state index contributed by atoms with van der Waals surface area (Å²) in [7, 11) is 0. The minimum atomic E-state index is -0.222. The predicted molar refractivity (Wildman–Crippen MR) is 67.9 cm³/mol. The number of nitrogens with zero attached hydrogens (tertiary/aromatic N) is 1. The number of benzene rings is 1. The molecule has 0 aliphatic carbocycles. The average molecular weight is 247 g/mol. The summed E-state index contributed by atoms with van der Waals surface area (Å²) in [5, 5.41) is 0. The van der Waals surface area contributed by atoms with Gasteiger partial charge in [0.1, 0.15) is 12.4 Å². The van der Waals surface area contributed by atoms with Crippen LogP contribution in [0.1, 0.15) is 29.3 Å². The van der Waals surface area contributed by atoms with E-state index >= 15 is 0 Å². The highest BCUT2D eigenvalue weighted by Gasteiger charge is 2.14. The summed E-state index contributed by atoms with van der Waals surface area (Å²) in [6.07, 6.45) is 3.41.